The van der Waals surface area contributed by atoms with E-state index in [1.54, 1.807) is 18.2 Å². The van der Waals surface area contributed by atoms with Gasteiger partial charge in [0.05, 0.1) is 9.93 Å². The molecule has 2 N–H and O–H groups in total. The fourth-order valence-electron chi connectivity index (χ4n) is 3.08. The van der Waals surface area contributed by atoms with Gasteiger partial charge in [0, 0.05) is 43.6 Å². The van der Waals surface area contributed by atoms with Crippen molar-refractivity contribution in [3.05, 3.63) is 46.5 Å². The monoisotopic (exact) mass is 443 g/mol. The predicted octanol–water partition coefficient (Wildman–Crippen LogP) is 2.03. The molecule has 3 rings (SSSR count). The zero-order valence-electron chi connectivity index (χ0n) is 15.2. The second-order valence-corrected chi connectivity index (χ2v) is 8.98. The number of carbonyl (C=O) groups is 1. The van der Waals surface area contributed by atoms with E-state index in [0.717, 1.165) is 16.0 Å². The molecule has 1 atom stereocenters. The molecule has 1 aliphatic rings. The van der Waals surface area contributed by atoms with Crippen molar-refractivity contribution in [2.75, 3.05) is 32.1 Å². The van der Waals surface area contributed by atoms with Crippen LogP contribution in [-0.4, -0.2) is 57.7 Å². The standard InChI is InChI=1S/C18H19Cl2N3O4S/c1-22(2)13-7-3-6-12-11(13)5-4-8-14(12)28(26,27)21-9-10-23-17(24)15(19)16(20)18(23)25/h3-8,17,21,24H,9-10H2,1-2H3. The maximum atomic E-state index is 12.8. The summed E-state index contributed by atoms with van der Waals surface area (Å²) >= 11 is 11.5. The number of hydrogen-bond donors (Lipinski definition) is 2. The Balaban J connectivity index is 1.81. The van der Waals surface area contributed by atoms with Gasteiger partial charge in [0.15, 0.2) is 6.23 Å². The molecule has 150 valence electrons. The fraction of sp³-hybridized carbons (Fsp3) is 0.278. The van der Waals surface area contributed by atoms with E-state index >= 15 is 0 Å². The van der Waals surface area contributed by atoms with Crippen molar-refractivity contribution >= 4 is 55.6 Å². The van der Waals surface area contributed by atoms with E-state index in [1.165, 1.54) is 6.07 Å². The number of halogens is 2. The number of anilines is 1. The highest BCUT2D eigenvalue weighted by molar-refractivity contribution is 7.89. The van der Waals surface area contributed by atoms with Crippen LogP contribution in [0, 0.1) is 0 Å². The minimum absolute atomic E-state index is 0.0839. The summed E-state index contributed by atoms with van der Waals surface area (Å²) in [5, 5.41) is 10.9. The minimum Gasteiger partial charge on any atom is -0.377 e. The molecule has 1 amide bonds. The highest BCUT2D eigenvalue weighted by Gasteiger charge is 2.36. The molecule has 28 heavy (non-hydrogen) atoms. The number of carbonyl (C=O) groups excluding carboxylic acids is 1. The van der Waals surface area contributed by atoms with Crippen LogP contribution in [0.25, 0.3) is 10.8 Å². The smallest absolute Gasteiger partial charge is 0.269 e. The first-order valence-electron chi connectivity index (χ1n) is 8.38. The Morgan fingerprint density at radius 3 is 2.39 bits per heavy atom. The number of fused-ring (bicyclic) bond motifs is 1. The van der Waals surface area contributed by atoms with Crippen LogP contribution in [0.15, 0.2) is 51.4 Å². The maximum Gasteiger partial charge on any atom is 0.269 e. The van der Waals surface area contributed by atoms with Gasteiger partial charge in [0.1, 0.15) is 5.03 Å². The Bertz CT molecular complexity index is 1070. The lowest BCUT2D eigenvalue weighted by Crippen LogP contribution is -2.41. The van der Waals surface area contributed by atoms with E-state index < -0.39 is 22.2 Å². The lowest BCUT2D eigenvalue weighted by molar-refractivity contribution is -0.131. The molecule has 2 aromatic rings. The molecular weight excluding hydrogens is 425 g/mol. The molecule has 0 bridgehead atoms. The molecule has 0 saturated heterocycles. The summed E-state index contributed by atoms with van der Waals surface area (Å²) in [4.78, 5) is 15.0. The van der Waals surface area contributed by atoms with Crippen molar-refractivity contribution in [1.29, 1.82) is 0 Å². The van der Waals surface area contributed by atoms with E-state index in [-0.39, 0.29) is 28.0 Å². The SMILES string of the molecule is CN(C)c1cccc2c(S(=O)(=O)NCCN3C(=O)C(Cl)=C(Cl)C3O)cccc12. The number of aliphatic hydroxyl groups is 1. The largest absolute Gasteiger partial charge is 0.377 e. The van der Waals surface area contributed by atoms with Gasteiger partial charge in [-0.2, -0.15) is 0 Å². The summed E-state index contributed by atoms with van der Waals surface area (Å²) in [6.45, 7) is -0.192. The van der Waals surface area contributed by atoms with E-state index in [9.17, 15) is 18.3 Å². The number of aliphatic hydroxyl groups excluding tert-OH is 1. The number of benzene rings is 2. The van der Waals surface area contributed by atoms with Crippen LogP contribution in [0.4, 0.5) is 5.69 Å². The van der Waals surface area contributed by atoms with Gasteiger partial charge in [-0.05, 0) is 12.1 Å². The average Bonchev–Trinajstić information content (AvgIpc) is 2.84. The molecule has 0 spiro atoms. The van der Waals surface area contributed by atoms with Crippen LogP contribution in [0.5, 0.6) is 0 Å². The number of nitrogens with zero attached hydrogens (tertiary/aromatic N) is 2. The number of rotatable bonds is 6. The van der Waals surface area contributed by atoms with Crippen LogP contribution in [0.2, 0.25) is 0 Å². The Labute approximate surface area is 173 Å². The highest BCUT2D eigenvalue weighted by Crippen LogP contribution is 2.31. The summed E-state index contributed by atoms with van der Waals surface area (Å²) in [7, 11) is -0.0792. The highest BCUT2D eigenvalue weighted by atomic mass is 35.5. The number of sulfonamides is 1. The number of hydrogen-bond acceptors (Lipinski definition) is 5. The summed E-state index contributed by atoms with van der Waals surface area (Å²) in [6.07, 6.45) is -1.37. The second-order valence-electron chi connectivity index (χ2n) is 6.45. The molecule has 1 aliphatic heterocycles. The van der Waals surface area contributed by atoms with Gasteiger partial charge in [-0.25, -0.2) is 13.1 Å². The third-order valence-corrected chi connectivity index (χ3v) is 6.82. The second kappa shape index (κ2) is 7.88. The number of nitrogens with one attached hydrogen (secondary N) is 1. The third-order valence-electron chi connectivity index (χ3n) is 4.46. The molecule has 10 heteroatoms. The Morgan fingerprint density at radius 2 is 1.79 bits per heavy atom. The molecule has 0 fully saturated rings. The molecule has 1 unspecified atom stereocenters. The van der Waals surface area contributed by atoms with Crippen LogP contribution in [0.3, 0.4) is 0 Å². The summed E-state index contributed by atoms with van der Waals surface area (Å²) in [6, 6.07) is 10.5. The van der Waals surface area contributed by atoms with E-state index in [0.29, 0.717) is 5.39 Å². The minimum atomic E-state index is -3.85. The van der Waals surface area contributed by atoms with Crippen LogP contribution in [0.1, 0.15) is 0 Å². The Morgan fingerprint density at radius 1 is 1.14 bits per heavy atom. The lowest BCUT2D eigenvalue weighted by atomic mass is 10.1. The average molecular weight is 444 g/mol. The molecule has 0 aromatic heterocycles. The molecule has 0 saturated carbocycles. The Hall–Kier alpha value is -1.84. The summed E-state index contributed by atoms with van der Waals surface area (Å²) in [5.41, 5.74) is 0.899. The molecule has 2 aromatic carbocycles. The topological polar surface area (TPSA) is 90.0 Å². The summed E-state index contributed by atoms with van der Waals surface area (Å²) < 4.78 is 28.1. The van der Waals surface area contributed by atoms with Gasteiger partial charge >= 0.3 is 0 Å². The predicted molar refractivity (Wildman–Crippen MR) is 110 cm³/mol. The molecule has 0 aliphatic carbocycles. The van der Waals surface area contributed by atoms with Gasteiger partial charge < -0.3 is 14.9 Å². The normalized spacial score (nSPS) is 17.7. The first kappa shape index (κ1) is 20.9. The fourth-order valence-corrected chi connectivity index (χ4v) is 4.73. The lowest BCUT2D eigenvalue weighted by Gasteiger charge is -2.21. The van der Waals surface area contributed by atoms with Gasteiger partial charge in [-0.1, -0.05) is 47.5 Å². The van der Waals surface area contributed by atoms with Gasteiger partial charge in [0.2, 0.25) is 10.0 Å². The van der Waals surface area contributed by atoms with Crippen molar-refractivity contribution in [3.63, 3.8) is 0 Å². The maximum absolute atomic E-state index is 12.8. The zero-order chi connectivity index (χ0) is 20.6. The van der Waals surface area contributed by atoms with Crippen molar-refractivity contribution in [3.8, 4) is 0 Å². The van der Waals surface area contributed by atoms with Crippen LogP contribution in [-0.2, 0) is 14.8 Å². The van der Waals surface area contributed by atoms with Gasteiger partial charge in [0.25, 0.3) is 5.91 Å². The Kier molecular flexibility index (Phi) is 5.88. The van der Waals surface area contributed by atoms with Crippen molar-refractivity contribution < 1.29 is 18.3 Å². The van der Waals surface area contributed by atoms with Crippen molar-refractivity contribution in [2.45, 2.75) is 11.1 Å². The third kappa shape index (κ3) is 3.70. The van der Waals surface area contributed by atoms with Gasteiger partial charge in [-0.3, -0.25) is 4.79 Å². The van der Waals surface area contributed by atoms with E-state index in [1.807, 2.05) is 31.1 Å². The first-order valence-corrected chi connectivity index (χ1v) is 10.6. The summed E-state index contributed by atoms with van der Waals surface area (Å²) in [5.74, 6) is -0.640. The molecular formula is C18H19Cl2N3O4S. The van der Waals surface area contributed by atoms with Crippen molar-refractivity contribution in [1.82, 2.24) is 9.62 Å². The molecule has 7 nitrogen and oxygen atoms in total. The van der Waals surface area contributed by atoms with Crippen molar-refractivity contribution in [2.24, 2.45) is 0 Å². The van der Waals surface area contributed by atoms with Crippen LogP contribution >= 0.6 is 23.2 Å². The van der Waals surface area contributed by atoms with E-state index in [2.05, 4.69) is 4.72 Å². The quantitative estimate of drug-likeness (QED) is 0.712. The van der Waals surface area contributed by atoms with Crippen LogP contribution < -0.4 is 9.62 Å². The van der Waals surface area contributed by atoms with E-state index in [4.69, 9.17) is 23.2 Å². The van der Waals surface area contributed by atoms with Gasteiger partial charge in [-0.15, -0.1) is 0 Å². The molecule has 1 heterocycles. The number of amides is 1. The molecule has 0 radical (unpaired) electrons. The first-order chi connectivity index (χ1) is 13.1. The zero-order valence-corrected chi connectivity index (χ0v) is 17.5.